The van der Waals surface area contributed by atoms with E-state index in [9.17, 15) is 8.42 Å². The van der Waals surface area contributed by atoms with Crippen LogP contribution in [-0.4, -0.2) is 67.3 Å². The van der Waals surface area contributed by atoms with Crippen LogP contribution in [0.2, 0.25) is 0 Å². The quantitative estimate of drug-likeness (QED) is 0.804. The molecule has 1 saturated carbocycles. The number of aromatic nitrogens is 2. The standard InChI is InChI=1S/C16H24N4O3S/c21-24(22,20-8-10-23-11-9-20)14-2-1-7-19(12-14)15-5-6-17-16(18-15)13-3-4-13/h5-6,13-14H,1-4,7-12H2/t14-/m1/s1. The van der Waals surface area contributed by atoms with E-state index >= 15 is 0 Å². The lowest BCUT2D eigenvalue weighted by molar-refractivity contribution is 0.0725. The molecule has 1 aromatic rings. The van der Waals surface area contributed by atoms with Crippen LogP contribution < -0.4 is 4.90 Å². The maximum atomic E-state index is 12.9. The van der Waals surface area contributed by atoms with Gasteiger partial charge in [-0.3, -0.25) is 0 Å². The first-order valence-corrected chi connectivity index (χ1v) is 10.3. The third-order valence-corrected chi connectivity index (χ3v) is 7.37. The number of piperidine rings is 1. The molecule has 4 rings (SSSR count). The fraction of sp³-hybridized carbons (Fsp3) is 0.750. The highest BCUT2D eigenvalue weighted by Gasteiger charge is 2.36. The number of ether oxygens (including phenoxy) is 1. The number of sulfonamides is 1. The molecule has 3 fully saturated rings. The molecule has 3 aliphatic rings. The number of rotatable bonds is 4. The van der Waals surface area contributed by atoms with Crippen LogP contribution in [0.3, 0.4) is 0 Å². The summed E-state index contributed by atoms with van der Waals surface area (Å²) in [5.74, 6) is 2.28. The van der Waals surface area contributed by atoms with Gasteiger partial charge < -0.3 is 9.64 Å². The minimum atomic E-state index is -3.27. The van der Waals surface area contributed by atoms with Gasteiger partial charge in [-0.15, -0.1) is 0 Å². The van der Waals surface area contributed by atoms with Gasteiger partial charge in [-0.25, -0.2) is 18.4 Å². The van der Waals surface area contributed by atoms with Crippen LogP contribution in [0.4, 0.5) is 5.82 Å². The number of nitrogens with zero attached hydrogens (tertiary/aromatic N) is 4. The summed E-state index contributed by atoms with van der Waals surface area (Å²) < 4.78 is 32.7. The van der Waals surface area contributed by atoms with Crippen molar-refractivity contribution in [1.29, 1.82) is 0 Å². The monoisotopic (exact) mass is 352 g/mol. The molecule has 0 amide bonds. The summed E-state index contributed by atoms with van der Waals surface area (Å²) in [5.41, 5.74) is 0. The molecule has 0 spiro atoms. The molecule has 1 aliphatic carbocycles. The molecule has 132 valence electrons. The van der Waals surface area contributed by atoms with Crippen molar-refractivity contribution in [3.63, 3.8) is 0 Å². The second-order valence-corrected chi connectivity index (χ2v) is 9.03. The Morgan fingerprint density at radius 1 is 1.12 bits per heavy atom. The van der Waals surface area contributed by atoms with Crippen molar-refractivity contribution in [3.8, 4) is 0 Å². The fourth-order valence-electron chi connectivity index (χ4n) is 3.48. The molecule has 7 nitrogen and oxygen atoms in total. The molecule has 3 heterocycles. The first-order valence-electron chi connectivity index (χ1n) is 8.79. The highest BCUT2D eigenvalue weighted by molar-refractivity contribution is 7.89. The normalized spacial score (nSPS) is 26.5. The predicted octanol–water partition coefficient (Wildman–Crippen LogP) is 0.985. The van der Waals surface area contributed by atoms with Gasteiger partial charge in [-0.2, -0.15) is 4.31 Å². The SMILES string of the molecule is O=S(=O)([C@@H]1CCCN(c2ccnc(C3CC3)n2)C1)N1CCOCC1. The van der Waals surface area contributed by atoms with Gasteiger partial charge in [0.1, 0.15) is 11.6 Å². The van der Waals surface area contributed by atoms with Crippen molar-refractivity contribution in [1.82, 2.24) is 14.3 Å². The van der Waals surface area contributed by atoms with E-state index in [1.54, 1.807) is 10.5 Å². The molecule has 2 aliphatic heterocycles. The van der Waals surface area contributed by atoms with Crippen molar-refractivity contribution in [2.45, 2.75) is 36.9 Å². The molecule has 0 N–H and O–H groups in total. The highest BCUT2D eigenvalue weighted by Crippen LogP contribution is 2.38. The van der Waals surface area contributed by atoms with Crippen molar-refractivity contribution < 1.29 is 13.2 Å². The van der Waals surface area contributed by atoms with Crippen LogP contribution in [-0.2, 0) is 14.8 Å². The molecule has 8 heteroatoms. The van der Waals surface area contributed by atoms with Crippen LogP contribution in [0.25, 0.3) is 0 Å². The summed E-state index contributed by atoms with van der Waals surface area (Å²) in [5, 5.41) is -0.358. The molecule has 0 radical (unpaired) electrons. The Balaban J connectivity index is 1.50. The molecular formula is C16H24N4O3S. The number of anilines is 1. The van der Waals surface area contributed by atoms with Crippen molar-refractivity contribution in [2.75, 3.05) is 44.3 Å². The molecule has 0 aromatic carbocycles. The van der Waals surface area contributed by atoms with E-state index in [1.807, 2.05) is 6.07 Å². The molecule has 24 heavy (non-hydrogen) atoms. The third-order valence-electron chi connectivity index (χ3n) is 5.06. The van der Waals surface area contributed by atoms with Gasteiger partial charge in [0.25, 0.3) is 0 Å². The van der Waals surface area contributed by atoms with Crippen LogP contribution >= 0.6 is 0 Å². The topological polar surface area (TPSA) is 75.6 Å². The van der Waals surface area contributed by atoms with Crippen molar-refractivity contribution >= 4 is 15.8 Å². The van der Waals surface area contributed by atoms with Gasteiger partial charge in [0.2, 0.25) is 10.0 Å². The number of hydrogen-bond acceptors (Lipinski definition) is 6. The van der Waals surface area contributed by atoms with Crippen LogP contribution in [0.15, 0.2) is 12.3 Å². The summed E-state index contributed by atoms with van der Waals surface area (Å²) in [6.07, 6.45) is 5.72. The van der Waals surface area contributed by atoms with Crippen LogP contribution in [0, 0.1) is 0 Å². The minimum Gasteiger partial charge on any atom is -0.379 e. The average Bonchev–Trinajstić information content (AvgIpc) is 3.48. The van der Waals surface area contributed by atoms with Crippen LogP contribution in [0.5, 0.6) is 0 Å². The first kappa shape index (κ1) is 16.2. The predicted molar refractivity (Wildman–Crippen MR) is 90.6 cm³/mol. The van der Waals surface area contributed by atoms with Gasteiger partial charge >= 0.3 is 0 Å². The van der Waals surface area contributed by atoms with E-state index in [0.717, 1.165) is 43.9 Å². The van der Waals surface area contributed by atoms with Gasteiger partial charge in [-0.05, 0) is 31.7 Å². The molecule has 2 saturated heterocycles. The largest absolute Gasteiger partial charge is 0.379 e. The third kappa shape index (κ3) is 3.27. The zero-order chi connectivity index (χ0) is 16.6. The van der Waals surface area contributed by atoms with E-state index < -0.39 is 10.0 Å². The Morgan fingerprint density at radius 3 is 2.67 bits per heavy atom. The van der Waals surface area contributed by atoms with E-state index in [-0.39, 0.29) is 5.25 Å². The zero-order valence-corrected chi connectivity index (χ0v) is 14.6. The molecule has 0 bridgehead atoms. The lowest BCUT2D eigenvalue weighted by atomic mass is 10.1. The lowest BCUT2D eigenvalue weighted by Gasteiger charge is -2.36. The van der Waals surface area contributed by atoms with Crippen LogP contribution in [0.1, 0.15) is 37.4 Å². The second-order valence-electron chi connectivity index (χ2n) is 6.81. The first-order chi connectivity index (χ1) is 11.6. The summed E-state index contributed by atoms with van der Waals surface area (Å²) in [6.45, 7) is 3.30. The Labute approximate surface area is 143 Å². The van der Waals surface area contributed by atoms with Gasteiger partial charge in [0, 0.05) is 38.3 Å². The Bertz CT molecular complexity index is 686. The lowest BCUT2D eigenvalue weighted by Crippen LogP contribution is -2.51. The maximum Gasteiger partial charge on any atom is 0.218 e. The Hall–Kier alpha value is -1.25. The van der Waals surface area contributed by atoms with E-state index in [2.05, 4.69) is 14.9 Å². The second kappa shape index (κ2) is 6.57. The minimum absolute atomic E-state index is 0.358. The zero-order valence-electron chi connectivity index (χ0n) is 13.8. The summed E-state index contributed by atoms with van der Waals surface area (Å²) in [6, 6.07) is 1.90. The average molecular weight is 352 g/mol. The molecular weight excluding hydrogens is 328 g/mol. The molecule has 0 unspecified atom stereocenters. The number of morpholine rings is 1. The summed E-state index contributed by atoms with van der Waals surface area (Å²) in [7, 11) is -3.27. The van der Waals surface area contributed by atoms with E-state index in [4.69, 9.17) is 4.74 Å². The highest BCUT2D eigenvalue weighted by atomic mass is 32.2. The maximum absolute atomic E-state index is 12.9. The van der Waals surface area contributed by atoms with Crippen molar-refractivity contribution in [2.24, 2.45) is 0 Å². The molecule has 1 atom stereocenters. The Kier molecular flexibility index (Phi) is 4.44. The molecule has 1 aromatic heterocycles. The van der Waals surface area contributed by atoms with E-state index in [1.165, 1.54) is 0 Å². The van der Waals surface area contributed by atoms with Gasteiger partial charge in [0.05, 0.1) is 18.5 Å². The van der Waals surface area contributed by atoms with E-state index in [0.29, 0.717) is 38.8 Å². The fourth-order valence-corrected chi connectivity index (χ4v) is 5.39. The summed E-state index contributed by atoms with van der Waals surface area (Å²) >= 11 is 0. The van der Waals surface area contributed by atoms with Gasteiger partial charge in [0.15, 0.2) is 0 Å². The van der Waals surface area contributed by atoms with Gasteiger partial charge in [-0.1, -0.05) is 0 Å². The summed E-state index contributed by atoms with van der Waals surface area (Å²) in [4.78, 5) is 11.1. The smallest absolute Gasteiger partial charge is 0.218 e. The Morgan fingerprint density at radius 2 is 1.92 bits per heavy atom. The number of hydrogen-bond donors (Lipinski definition) is 0. The van der Waals surface area contributed by atoms with Crippen molar-refractivity contribution in [3.05, 3.63) is 18.1 Å².